The zero-order valence-corrected chi connectivity index (χ0v) is 22.2. The fourth-order valence-electron chi connectivity index (χ4n) is 4.87. The fourth-order valence-corrected chi connectivity index (χ4v) is 4.87. The number of fused-ring (bicyclic) bond motifs is 1. The average molecular weight is 504 g/mol. The highest BCUT2D eigenvalue weighted by Gasteiger charge is 2.28. The first-order chi connectivity index (χ1) is 17.8. The Morgan fingerprint density at radius 1 is 1.16 bits per heavy atom. The van der Waals surface area contributed by atoms with Crippen molar-refractivity contribution in [3.63, 3.8) is 0 Å². The Morgan fingerprint density at radius 3 is 2.62 bits per heavy atom. The number of likely N-dealkylation sites (tertiary alicyclic amines) is 1. The molecule has 3 aromatic rings. The van der Waals surface area contributed by atoms with Gasteiger partial charge in [-0.3, -0.25) is 14.2 Å². The van der Waals surface area contributed by atoms with E-state index in [1.807, 2.05) is 36.2 Å². The summed E-state index contributed by atoms with van der Waals surface area (Å²) in [6, 6.07) is 10.4. The molecule has 0 bridgehead atoms. The van der Waals surface area contributed by atoms with Crippen molar-refractivity contribution in [1.29, 1.82) is 0 Å². The largest absolute Gasteiger partial charge is 0.443 e. The van der Waals surface area contributed by atoms with Gasteiger partial charge >= 0.3 is 5.97 Å². The normalized spacial score (nSPS) is 18.6. The number of anilines is 1. The van der Waals surface area contributed by atoms with E-state index in [4.69, 9.17) is 4.74 Å². The number of nitrogens with one attached hydrogen (secondary N) is 1. The highest BCUT2D eigenvalue weighted by Crippen LogP contribution is 2.25. The van der Waals surface area contributed by atoms with E-state index in [0.717, 1.165) is 30.2 Å². The van der Waals surface area contributed by atoms with Gasteiger partial charge < -0.3 is 15.0 Å². The van der Waals surface area contributed by atoms with Crippen LogP contribution in [-0.4, -0.2) is 49.9 Å². The first kappa shape index (κ1) is 26.4. The van der Waals surface area contributed by atoms with Gasteiger partial charge in [0.25, 0.3) is 0 Å². The fraction of sp³-hybridized carbons (Fsp3) is 0.448. The van der Waals surface area contributed by atoms with Crippen LogP contribution in [0, 0.1) is 5.92 Å². The van der Waals surface area contributed by atoms with Crippen molar-refractivity contribution in [2.45, 2.75) is 71.7 Å². The van der Waals surface area contributed by atoms with Gasteiger partial charge in [-0.25, -0.2) is 9.97 Å². The van der Waals surface area contributed by atoms with Crippen molar-refractivity contribution >= 4 is 28.7 Å². The van der Waals surface area contributed by atoms with Crippen molar-refractivity contribution in [3.05, 3.63) is 66.6 Å². The monoisotopic (exact) mass is 503 g/mol. The minimum Gasteiger partial charge on any atom is -0.443 e. The molecule has 4 rings (SSSR count). The highest BCUT2D eigenvalue weighted by atomic mass is 16.5. The number of hydrogen-bond donors (Lipinski definition) is 1. The molecule has 1 N–H and O–H groups in total. The van der Waals surface area contributed by atoms with Crippen LogP contribution >= 0.6 is 0 Å². The van der Waals surface area contributed by atoms with Gasteiger partial charge in [0.15, 0.2) is 6.73 Å². The van der Waals surface area contributed by atoms with E-state index in [1.165, 1.54) is 18.0 Å². The van der Waals surface area contributed by atoms with Crippen LogP contribution in [0.4, 0.5) is 5.82 Å². The Labute approximate surface area is 218 Å². The number of esters is 1. The predicted molar refractivity (Wildman–Crippen MR) is 145 cm³/mol. The van der Waals surface area contributed by atoms with Crippen molar-refractivity contribution in [1.82, 2.24) is 19.4 Å². The lowest BCUT2D eigenvalue weighted by molar-refractivity contribution is -0.148. The molecule has 37 heavy (non-hydrogen) atoms. The summed E-state index contributed by atoms with van der Waals surface area (Å²) in [5.41, 5.74) is 2.89. The molecule has 1 aromatic carbocycles. The maximum absolute atomic E-state index is 12.8. The zero-order chi connectivity index (χ0) is 26.5. The quantitative estimate of drug-likeness (QED) is 0.330. The van der Waals surface area contributed by atoms with Crippen LogP contribution in [-0.2, 0) is 27.5 Å². The molecule has 0 aliphatic carbocycles. The summed E-state index contributed by atoms with van der Waals surface area (Å²) in [4.78, 5) is 35.7. The average Bonchev–Trinajstić information content (AvgIpc) is 3.31. The third kappa shape index (κ3) is 6.18. The van der Waals surface area contributed by atoms with Crippen LogP contribution in [0.3, 0.4) is 0 Å². The number of carbonyl (C=O) groups is 2. The Morgan fingerprint density at radius 2 is 1.92 bits per heavy atom. The number of carbonyl (C=O) groups excluding carboxylic acids is 2. The second-order valence-corrected chi connectivity index (χ2v) is 10.4. The van der Waals surface area contributed by atoms with Gasteiger partial charge in [-0.05, 0) is 62.3 Å². The van der Waals surface area contributed by atoms with Crippen LogP contribution in [0.25, 0.3) is 11.0 Å². The summed E-state index contributed by atoms with van der Waals surface area (Å²) in [7, 11) is 0. The number of nitrogens with zero attached hydrogens (tertiary/aromatic N) is 4. The van der Waals surface area contributed by atoms with Gasteiger partial charge in [0.05, 0.1) is 11.3 Å². The Kier molecular flexibility index (Phi) is 8.26. The Balaban J connectivity index is 1.40. The molecular formula is C29H37N5O3. The Hall–Kier alpha value is -3.68. The maximum Gasteiger partial charge on any atom is 0.314 e. The first-order valence-electron chi connectivity index (χ1n) is 13.0. The summed E-state index contributed by atoms with van der Waals surface area (Å²) in [5, 5.41) is 4.33. The van der Waals surface area contributed by atoms with Gasteiger partial charge in [-0.15, -0.1) is 0 Å². The predicted octanol–water partition coefficient (Wildman–Crippen LogP) is 4.91. The van der Waals surface area contributed by atoms with Gasteiger partial charge in [-0.2, -0.15) is 0 Å². The highest BCUT2D eigenvalue weighted by molar-refractivity contribution is 5.88. The molecule has 0 saturated carbocycles. The lowest BCUT2D eigenvalue weighted by Crippen LogP contribution is -2.49. The minimum atomic E-state index is -0.364. The minimum absolute atomic E-state index is 0.0551. The number of ether oxygens (including phenoxy) is 1. The topological polar surface area (TPSA) is 89.3 Å². The molecule has 1 aliphatic rings. The van der Waals surface area contributed by atoms with E-state index in [0.29, 0.717) is 23.9 Å². The summed E-state index contributed by atoms with van der Waals surface area (Å²) < 4.78 is 7.45. The van der Waals surface area contributed by atoms with Crippen LogP contribution in [0.1, 0.15) is 57.6 Å². The SMILES string of the molecule is C=CC(=O)N1C[C@H](Nc2ncnc3c2ccn3COC(=O)[C@@H](C)c2ccc(CC(C)C)cc2)CC[C@@H]1C. The van der Waals surface area contributed by atoms with Crippen molar-refractivity contribution in [3.8, 4) is 0 Å². The second kappa shape index (κ2) is 11.6. The molecule has 2 aromatic heterocycles. The summed E-state index contributed by atoms with van der Waals surface area (Å²) in [5.74, 6) is 0.591. The number of piperidine rings is 1. The molecular weight excluding hydrogens is 466 g/mol. The smallest absolute Gasteiger partial charge is 0.314 e. The van der Waals surface area contributed by atoms with Gasteiger partial charge in [0.1, 0.15) is 17.8 Å². The molecule has 0 unspecified atom stereocenters. The molecule has 8 nitrogen and oxygen atoms in total. The lowest BCUT2D eigenvalue weighted by atomic mass is 9.97. The molecule has 1 fully saturated rings. The van der Waals surface area contributed by atoms with Crippen molar-refractivity contribution in [2.24, 2.45) is 5.92 Å². The third-order valence-electron chi connectivity index (χ3n) is 7.06. The standard InChI is InChI=1S/C29H37N5O3/c1-6-26(35)34-16-24(12-7-20(34)4)32-27-25-13-14-33(28(25)31-17-30-27)18-37-29(36)21(5)23-10-8-22(9-11-23)15-19(2)3/h6,8-11,13-14,17,19-21,24H,1,7,12,15-16,18H2,2-5H3,(H,30,31,32)/t20-,21-,24+/m0/s1. The zero-order valence-electron chi connectivity index (χ0n) is 22.2. The molecule has 1 aliphatic heterocycles. The summed E-state index contributed by atoms with van der Waals surface area (Å²) >= 11 is 0. The van der Waals surface area contributed by atoms with Crippen LogP contribution in [0.15, 0.2) is 55.5 Å². The van der Waals surface area contributed by atoms with Crippen LogP contribution in [0.2, 0.25) is 0 Å². The second-order valence-electron chi connectivity index (χ2n) is 10.4. The Bertz CT molecular complexity index is 1250. The van der Waals surface area contributed by atoms with E-state index in [1.54, 1.807) is 4.57 Å². The van der Waals surface area contributed by atoms with Gasteiger partial charge in [0.2, 0.25) is 5.91 Å². The lowest BCUT2D eigenvalue weighted by Gasteiger charge is -2.38. The number of rotatable bonds is 9. The van der Waals surface area contributed by atoms with E-state index in [9.17, 15) is 9.59 Å². The maximum atomic E-state index is 12.8. The van der Waals surface area contributed by atoms with Gasteiger partial charge in [0, 0.05) is 24.8 Å². The number of benzene rings is 1. The van der Waals surface area contributed by atoms with Gasteiger partial charge in [-0.1, -0.05) is 44.7 Å². The number of amides is 1. The van der Waals surface area contributed by atoms with E-state index in [-0.39, 0.29) is 36.6 Å². The molecule has 196 valence electrons. The molecule has 8 heteroatoms. The van der Waals surface area contributed by atoms with Crippen LogP contribution < -0.4 is 5.32 Å². The van der Waals surface area contributed by atoms with Crippen molar-refractivity contribution in [2.75, 3.05) is 11.9 Å². The number of aromatic nitrogens is 3. The molecule has 0 radical (unpaired) electrons. The summed E-state index contributed by atoms with van der Waals surface area (Å²) in [6.45, 7) is 12.6. The summed E-state index contributed by atoms with van der Waals surface area (Å²) in [6.07, 6.45) is 7.57. The van der Waals surface area contributed by atoms with Crippen LogP contribution in [0.5, 0.6) is 0 Å². The molecule has 1 amide bonds. The van der Waals surface area contributed by atoms with E-state index < -0.39 is 0 Å². The molecule has 3 heterocycles. The molecule has 3 atom stereocenters. The van der Waals surface area contributed by atoms with E-state index in [2.05, 4.69) is 54.8 Å². The number of hydrogen-bond acceptors (Lipinski definition) is 6. The van der Waals surface area contributed by atoms with Crippen molar-refractivity contribution < 1.29 is 14.3 Å². The molecule has 0 spiro atoms. The first-order valence-corrected chi connectivity index (χ1v) is 13.0. The molecule has 1 saturated heterocycles. The third-order valence-corrected chi connectivity index (χ3v) is 7.06. The van der Waals surface area contributed by atoms with E-state index >= 15 is 0 Å².